The van der Waals surface area contributed by atoms with Crippen molar-refractivity contribution in [3.8, 4) is 0 Å². The number of imidazole rings is 2. The number of hydrogen-bond acceptors (Lipinski definition) is 8. The summed E-state index contributed by atoms with van der Waals surface area (Å²) in [6.45, 7) is 4.00. The van der Waals surface area contributed by atoms with Crippen LogP contribution in [0.25, 0.3) is 22.1 Å². The van der Waals surface area contributed by atoms with E-state index in [1.807, 2.05) is 62.4 Å². The number of nitrogens with one attached hydrogen (secondary N) is 6. The number of alkyl halides is 2. The van der Waals surface area contributed by atoms with Crippen LogP contribution in [0.15, 0.2) is 84.9 Å². The van der Waals surface area contributed by atoms with Crippen molar-refractivity contribution in [1.29, 1.82) is 10.8 Å². The zero-order valence-electron chi connectivity index (χ0n) is 28.5. The number of benzene rings is 4. The van der Waals surface area contributed by atoms with Crippen molar-refractivity contribution in [1.82, 2.24) is 19.9 Å². The van der Waals surface area contributed by atoms with E-state index >= 15 is 0 Å². The van der Waals surface area contributed by atoms with Gasteiger partial charge in [0, 0.05) is 46.2 Å². The molecule has 2 saturated carbocycles. The van der Waals surface area contributed by atoms with Crippen molar-refractivity contribution in [3.05, 3.63) is 108 Å². The van der Waals surface area contributed by atoms with Crippen LogP contribution in [0, 0.1) is 22.7 Å². The molecule has 52 heavy (non-hydrogen) atoms. The van der Waals surface area contributed by atoms with Crippen LogP contribution in [0.1, 0.15) is 55.9 Å². The molecule has 14 heteroatoms. The van der Waals surface area contributed by atoms with Crippen molar-refractivity contribution in [3.63, 3.8) is 0 Å². The number of carbonyl (C=O) groups excluding carboxylic acids is 2. The number of carbonyl (C=O) groups is 2. The van der Waals surface area contributed by atoms with Crippen LogP contribution in [0.3, 0.4) is 0 Å². The number of H-pyrrole nitrogens is 2. The molecule has 0 radical (unpaired) electrons. The summed E-state index contributed by atoms with van der Waals surface area (Å²) < 4.78 is 26.0. The topological polar surface area (TPSA) is 215 Å². The van der Waals surface area contributed by atoms with Gasteiger partial charge in [0.05, 0.1) is 22.1 Å². The van der Waals surface area contributed by atoms with Gasteiger partial charge in [-0.15, -0.1) is 0 Å². The summed E-state index contributed by atoms with van der Waals surface area (Å²) in [6.07, 6.45) is 1.46. The van der Waals surface area contributed by atoms with E-state index in [2.05, 4.69) is 30.6 Å². The number of nitrogens with two attached hydrogens (primary N) is 2. The molecule has 2 aliphatic rings. The first-order valence-electron chi connectivity index (χ1n) is 16.8. The summed E-state index contributed by atoms with van der Waals surface area (Å²) in [6, 6.07) is 24.7. The Kier molecular flexibility index (Phi) is 9.82. The van der Waals surface area contributed by atoms with Gasteiger partial charge in [0.15, 0.2) is 11.6 Å². The van der Waals surface area contributed by atoms with E-state index in [1.54, 1.807) is 18.2 Å². The molecule has 2 heterocycles. The highest BCUT2D eigenvalue weighted by molar-refractivity contribution is 6.14. The number of para-hydroxylation sites is 4. The lowest BCUT2D eigenvalue weighted by Gasteiger charge is -2.10. The second-order valence-corrected chi connectivity index (χ2v) is 12.3. The fourth-order valence-electron chi connectivity index (χ4n) is 5.42. The summed E-state index contributed by atoms with van der Waals surface area (Å²) in [5.41, 5.74) is 18.1. The van der Waals surface area contributed by atoms with Gasteiger partial charge >= 0.3 is 0 Å². The van der Waals surface area contributed by atoms with Crippen LogP contribution < -0.4 is 22.1 Å². The van der Waals surface area contributed by atoms with Crippen LogP contribution >= 0.6 is 0 Å². The Morgan fingerprint density at radius 3 is 1.56 bits per heavy atom. The standard InChI is InChI=1S/C18H15F2N5O.C18H17N5O.C2H6/c19-18(20)8-11(18)17(26)23-9-5-6-12(21)10(7-9)15(22)16-24-13-3-1-2-4-14(13)25-16;19-13-8-7-11(21-18(24)10-5-6-10)9-12(13)16(20)17-22-14-3-1-2-4-15(14)23-17;1-2/h1-7,11,22H,8,21H2,(H,23,26)(H,24,25);1-4,7-10,20H,5-6,19H2,(H,21,24)(H,22,23);1-2H3. The molecule has 266 valence electrons. The first kappa shape index (κ1) is 35.4. The van der Waals surface area contributed by atoms with E-state index in [9.17, 15) is 18.4 Å². The third-order valence-corrected chi connectivity index (χ3v) is 8.52. The first-order chi connectivity index (χ1) is 25.0. The number of aromatic nitrogens is 4. The molecule has 2 amide bonds. The molecule has 6 aromatic rings. The van der Waals surface area contributed by atoms with E-state index in [1.165, 1.54) is 18.2 Å². The Morgan fingerprint density at radius 2 is 1.15 bits per heavy atom. The highest BCUT2D eigenvalue weighted by atomic mass is 19.3. The van der Waals surface area contributed by atoms with Crippen LogP contribution in [-0.2, 0) is 9.59 Å². The number of halogens is 2. The number of nitrogen functional groups attached to an aromatic ring is 2. The molecule has 4 aromatic carbocycles. The van der Waals surface area contributed by atoms with Crippen LogP contribution in [-0.4, -0.2) is 49.1 Å². The Balaban J connectivity index is 0.000000171. The number of nitrogens with zero attached hydrogens (tertiary/aromatic N) is 2. The van der Waals surface area contributed by atoms with Crippen LogP contribution in [0.2, 0.25) is 0 Å². The smallest absolute Gasteiger partial charge is 0.260 e. The SMILES string of the molecule is CC.N=C(c1nc2ccccc2[nH]1)c1cc(NC(=O)C2CC2(F)F)ccc1N.N=C(c1nc2ccccc2[nH]1)c1cc(NC(=O)C2CC2)ccc1N. The molecule has 2 fully saturated rings. The molecule has 0 bridgehead atoms. The molecule has 8 rings (SSSR count). The highest BCUT2D eigenvalue weighted by Crippen LogP contribution is 2.49. The summed E-state index contributed by atoms with van der Waals surface area (Å²) >= 11 is 0. The Hall–Kier alpha value is -6.44. The molecular formula is C38H38F2N10O2. The van der Waals surface area contributed by atoms with Crippen LogP contribution in [0.5, 0.6) is 0 Å². The van der Waals surface area contributed by atoms with Gasteiger partial charge in [0.25, 0.3) is 5.92 Å². The molecule has 12 nitrogen and oxygen atoms in total. The minimum absolute atomic E-state index is 0.0287. The maximum absolute atomic E-state index is 13.0. The minimum atomic E-state index is -2.93. The Morgan fingerprint density at radius 1 is 0.731 bits per heavy atom. The Bertz CT molecular complexity index is 2260. The normalized spacial score (nSPS) is 15.4. The molecular weight excluding hydrogens is 666 g/mol. The van der Waals surface area contributed by atoms with Gasteiger partial charge in [-0.25, -0.2) is 18.7 Å². The first-order valence-corrected chi connectivity index (χ1v) is 16.8. The maximum Gasteiger partial charge on any atom is 0.260 e. The van der Waals surface area contributed by atoms with Gasteiger partial charge in [-0.2, -0.15) is 0 Å². The molecule has 0 saturated heterocycles. The third-order valence-electron chi connectivity index (χ3n) is 8.52. The number of anilines is 4. The fraction of sp³-hybridized carbons (Fsp3) is 0.211. The number of amides is 2. The van der Waals surface area contributed by atoms with Crippen molar-refractivity contribution >= 4 is 68.1 Å². The quantitative estimate of drug-likeness (QED) is 0.0611. The van der Waals surface area contributed by atoms with E-state index in [0.717, 1.165) is 29.4 Å². The van der Waals surface area contributed by atoms with Crippen molar-refractivity contribution in [2.75, 3.05) is 22.1 Å². The maximum atomic E-state index is 13.0. The fourth-order valence-corrected chi connectivity index (χ4v) is 5.42. The Labute approximate surface area is 297 Å². The van der Waals surface area contributed by atoms with E-state index in [0.29, 0.717) is 51.0 Å². The molecule has 1 unspecified atom stereocenters. The summed E-state index contributed by atoms with van der Waals surface area (Å²) in [5, 5.41) is 22.2. The van der Waals surface area contributed by atoms with Gasteiger partial charge in [0.2, 0.25) is 11.8 Å². The van der Waals surface area contributed by atoms with E-state index in [4.69, 9.17) is 22.3 Å². The zero-order valence-corrected chi connectivity index (χ0v) is 28.5. The van der Waals surface area contributed by atoms with Gasteiger partial charge in [-0.1, -0.05) is 38.1 Å². The molecule has 0 spiro atoms. The van der Waals surface area contributed by atoms with Crippen molar-refractivity contribution < 1.29 is 18.4 Å². The molecule has 2 aromatic heterocycles. The number of fused-ring (bicyclic) bond motifs is 2. The lowest BCUT2D eigenvalue weighted by Crippen LogP contribution is -2.18. The lowest BCUT2D eigenvalue weighted by molar-refractivity contribution is -0.119. The van der Waals surface area contributed by atoms with Crippen molar-refractivity contribution in [2.45, 2.75) is 39.0 Å². The number of aromatic amines is 2. The van der Waals surface area contributed by atoms with E-state index < -0.39 is 24.2 Å². The summed E-state index contributed by atoms with van der Waals surface area (Å²) in [4.78, 5) is 38.7. The van der Waals surface area contributed by atoms with Crippen molar-refractivity contribution in [2.24, 2.45) is 11.8 Å². The summed E-state index contributed by atoms with van der Waals surface area (Å²) in [7, 11) is 0. The molecule has 1 atom stereocenters. The molecule has 0 aliphatic heterocycles. The predicted molar refractivity (Wildman–Crippen MR) is 200 cm³/mol. The second kappa shape index (κ2) is 14.4. The van der Waals surface area contributed by atoms with Gasteiger partial charge in [-0.3, -0.25) is 20.4 Å². The largest absolute Gasteiger partial charge is 0.398 e. The lowest BCUT2D eigenvalue weighted by atomic mass is 10.1. The van der Waals surface area contributed by atoms with Gasteiger partial charge in [-0.05, 0) is 73.5 Å². The molecule has 10 N–H and O–H groups in total. The van der Waals surface area contributed by atoms with Gasteiger partial charge < -0.3 is 32.1 Å². The third kappa shape index (κ3) is 7.65. The average molecular weight is 705 g/mol. The monoisotopic (exact) mass is 704 g/mol. The molecule has 2 aliphatic carbocycles. The van der Waals surface area contributed by atoms with Crippen LogP contribution in [0.4, 0.5) is 31.5 Å². The second-order valence-electron chi connectivity index (χ2n) is 12.3. The summed E-state index contributed by atoms with van der Waals surface area (Å²) in [5.74, 6) is -4.02. The zero-order chi connectivity index (χ0) is 37.2. The predicted octanol–water partition coefficient (Wildman–Crippen LogP) is 7.09. The number of hydrogen-bond donors (Lipinski definition) is 8. The average Bonchev–Trinajstić information content (AvgIpc) is 4.00. The minimum Gasteiger partial charge on any atom is -0.398 e. The number of rotatable bonds is 8. The van der Waals surface area contributed by atoms with Gasteiger partial charge in [0.1, 0.15) is 17.3 Å². The van der Waals surface area contributed by atoms with E-state index in [-0.39, 0.29) is 23.2 Å². The highest BCUT2D eigenvalue weighted by Gasteiger charge is 2.61.